The molecule has 3 nitrogen and oxygen atoms in total. The third-order valence-electron chi connectivity index (χ3n) is 2.24. The van der Waals surface area contributed by atoms with Crippen LogP contribution in [0.3, 0.4) is 0 Å². The highest BCUT2D eigenvalue weighted by atomic mass is 35.5. The molecule has 0 saturated carbocycles. The van der Waals surface area contributed by atoms with Crippen LogP contribution in [0.1, 0.15) is 20.7 Å². The first-order valence-corrected chi connectivity index (χ1v) is 4.79. The van der Waals surface area contributed by atoms with Crippen molar-refractivity contribution in [2.45, 2.75) is 0 Å². The van der Waals surface area contributed by atoms with E-state index in [0.29, 0.717) is 16.1 Å². The van der Waals surface area contributed by atoms with Gasteiger partial charge in [-0.05, 0) is 18.2 Å². The molecule has 0 bridgehead atoms. The van der Waals surface area contributed by atoms with Gasteiger partial charge in [-0.1, -0.05) is 17.7 Å². The number of rotatable bonds is 2. The maximum atomic E-state index is 11.7. The first-order chi connectivity index (χ1) is 7.15. The molecule has 0 N–H and O–H groups in total. The summed E-state index contributed by atoms with van der Waals surface area (Å²) in [6.07, 6.45) is 1.52. The quantitative estimate of drug-likeness (QED) is 0.567. The van der Waals surface area contributed by atoms with Crippen molar-refractivity contribution >= 4 is 23.4 Å². The fraction of sp³-hybridized carbons (Fsp3) is 0.0909. The minimum Gasteiger partial charge on any atom is -0.270 e. The number of fused-ring (bicyclic) bond motifs is 1. The summed E-state index contributed by atoms with van der Waals surface area (Å²) in [4.78, 5) is 24.6. The molecule has 2 rings (SSSR count). The van der Waals surface area contributed by atoms with E-state index in [9.17, 15) is 9.59 Å². The standard InChI is InChI=1S/C11H8ClNO2/c1-2-5-13-10(14)8-4-3-7(12)6-9(8)11(13)15/h2-4,6H,1,5H2. The van der Waals surface area contributed by atoms with Crippen LogP contribution >= 0.6 is 11.6 Å². The van der Waals surface area contributed by atoms with Crippen molar-refractivity contribution in [2.75, 3.05) is 6.54 Å². The summed E-state index contributed by atoms with van der Waals surface area (Å²) >= 11 is 5.76. The Bertz CT molecular complexity index is 468. The number of halogens is 1. The van der Waals surface area contributed by atoms with E-state index in [1.807, 2.05) is 0 Å². The Morgan fingerprint density at radius 2 is 1.93 bits per heavy atom. The van der Waals surface area contributed by atoms with Gasteiger partial charge >= 0.3 is 0 Å². The molecule has 1 aliphatic rings. The molecular weight excluding hydrogens is 214 g/mol. The van der Waals surface area contributed by atoms with Gasteiger partial charge in [0.15, 0.2) is 0 Å². The van der Waals surface area contributed by atoms with Gasteiger partial charge in [-0.3, -0.25) is 14.5 Å². The van der Waals surface area contributed by atoms with Crippen LogP contribution in [-0.2, 0) is 0 Å². The number of carbonyl (C=O) groups excluding carboxylic acids is 2. The second-order valence-electron chi connectivity index (χ2n) is 3.20. The zero-order valence-corrected chi connectivity index (χ0v) is 8.62. The topological polar surface area (TPSA) is 37.4 Å². The average molecular weight is 222 g/mol. The number of imide groups is 1. The van der Waals surface area contributed by atoms with Crippen LogP contribution in [0, 0.1) is 0 Å². The van der Waals surface area contributed by atoms with E-state index in [-0.39, 0.29) is 18.4 Å². The van der Waals surface area contributed by atoms with Crippen molar-refractivity contribution in [1.29, 1.82) is 0 Å². The largest absolute Gasteiger partial charge is 0.270 e. The predicted octanol–water partition coefficient (Wildman–Crippen LogP) is 2.12. The van der Waals surface area contributed by atoms with E-state index in [1.54, 1.807) is 12.1 Å². The highest BCUT2D eigenvalue weighted by molar-refractivity contribution is 6.32. The maximum Gasteiger partial charge on any atom is 0.261 e. The monoisotopic (exact) mass is 221 g/mol. The summed E-state index contributed by atoms with van der Waals surface area (Å²) in [7, 11) is 0. The van der Waals surface area contributed by atoms with Crippen LogP contribution in [0.5, 0.6) is 0 Å². The molecule has 0 radical (unpaired) electrons. The molecule has 1 aliphatic heterocycles. The zero-order chi connectivity index (χ0) is 11.0. The highest BCUT2D eigenvalue weighted by Crippen LogP contribution is 2.25. The van der Waals surface area contributed by atoms with Crippen LogP contribution in [0.25, 0.3) is 0 Å². The summed E-state index contributed by atoms with van der Waals surface area (Å²) < 4.78 is 0. The lowest BCUT2D eigenvalue weighted by atomic mass is 10.1. The van der Waals surface area contributed by atoms with Crippen LogP contribution in [-0.4, -0.2) is 23.3 Å². The molecule has 0 saturated heterocycles. The van der Waals surface area contributed by atoms with Crippen LogP contribution in [0.15, 0.2) is 30.9 Å². The van der Waals surface area contributed by atoms with Crippen LogP contribution in [0.2, 0.25) is 5.02 Å². The van der Waals surface area contributed by atoms with Crippen molar-refractivity contribution in [2.24, 2.45) is 0 Å². The Balaban J connectivity index is 2.50. The van der Waals surface area contributed by atoms with Gasteiger partial charge in [0.25, 0.3) is 11.8 Å². The number of nitrogens with zero attached hydrogens (tertiary/aromatic N) is 1. The Kier molecular flexibility index (Phi) is 2.32. The smallest absolute Gasteiger partial charge is 0.261 e. The van der Waals surface area contributed by atoms with Crippen molar-refractivity contribution in [1.82, 2.24) is 4.90 Å². The van der Waals surface area contributed by atoms with Crippen molar-refractivity contribution in [3.05, 3.63) is 47.0 Å². The van der Waals surface area contributed by atoms with Crippen LogP contribution < -0.4 is 0 Å². The molecule has 0 atom stereocenters. The molecule has 76 valence electrons. The summed E-state index contributed by atoms with van der Waals surface area (Å²) in [6, 6.07) is 4.68. The van der Waals surface area contributed by atoms with Gasteiger partial charge in [-0.15, -0.1) is 6.58 Å². The molecule has 0 fully saturated rings. The van der Waals surface area contributed by atoms with Gasteiger partial charge in [-0.2, -0.15) is 0 Å². The molecule has 2 amide bonds. The Morgan fingerprint density at radius 1 is 1.27 bits per heavy atom. The summed E-state index contributed by atoms with van der Waals surface area (Å²) in [6.45, 7) is 3.73. The SMILES string of the molecule is C=CCN1C(=O)c2ccc(Cl)cc2C1=O. The molecular formula is C11H8ClNO2. The predicted molar refractivity (Wildman–Crippen MR) is 57.0 cm³/mol. The third kappa shape index (κ3) is 1.45. The summed E-state index contributed by atoms with van der Waals surface area (Å²) in [5.41, 5.74) is 0.778. The number of hydrogen-bond donors (Lipinski definition) is 0. The molecule has 0 spiro atoms. The molecule has 0 aliphatic carbocycles. The van der Waals surface area contributed by atoms with Crippen molar-refractivity contribution in [3.63, 3.8) is 0 Å². The van der Waals surface area contributed by atoms with Gasteiger partial charge in [0, 0.05) is 11.6 Å². The first kappa shape index (κ1) is 9.93. The lowest BCUT2D eigenvalue weighted by Gasteiger charge is -2.09. The molecule has 0 aromatic heterocycles. The van der Waals surface area contributed by atoms with Gasteiger partial charge in [0.05, 0.1) is 11.1 Å². The molecule has 0 unspecified atom stereocenters. The van der Waals surface area contributed by atoms with Gasteiger partial charge in [0.2, 0.25) is 0 Å². The van der Waals surface area contributed by atoms with Crippen molar-refractivity contribution in [3.8, 4) is 0 Å². The van der Waals surface area contributed by atoms with E-state index in [0.717, 1.165) is 4.90 Å². The molecule has 1 aromatic rings. The number of hydrogen-bond acceptors (Lipinski definition) is 2. The zero-order valence-electron chi connectivity index (χ0n) is 7.87. The minimum atomic E-state index is -0.308. The highest BCUT2D eigenvalue weighted by Gasteiger charge is 2.34. The van der Waals surface area contributed by atoms with Gasteiger partial charge in [-0.25, -0.2) is 0 Å². The second-order valence-corrected chi connectivity index (χ2v) is 3.64. The van der Waals surface area contributed by atoms with E-state index < -0.39 is 0 Å². The lowest BCUT2D eigenvalue weighted by Crippen LogP contribution is -2.29. The fourth-order valence-electron chi connectivity index (χ4n) is 1.56. The van der Waals surface area contributed by atoms with Crippen LogP contribution in [0.4, 0.5) is 0 Å². The maximum absolute atomic E-state index is 11.7. The number of amides is 2. The number of benzene rings is 1. The Hall–Kier alpha value is -1.61. The fourth-order valence-corrected chi connectivity index (χ4v) is 1.73. The van der Waals surface area contributed by atoms with Crippen molar-refractivity contribution < 1.29 is 9.59 Å². The first-order valence-electron chi connectivity index (χ1n) is 4.42. The van der Waals surface area contributed by atoms with Gasteiger partial charge in [0.1, 0.15) is 0 Å². The second kappa shape index (κ2) is 3.51. The van der Waals surface area contributed by atoms with E-state index in [4.69, 9.17) is 11.6 Å². The lowest BCUT2D eigenvalue weighted by molar-refractivity contribution is 0.0672. The summed E-state index contributed by atoms with van der Waals surface area (Å²) in [5.74, 6) is -0.594. The molecule has 4 heteroatoms. The Labute approximate surface area is 91.9 Å². The molecule has 1 aromatic carbocycles. The van der Waals surface area contributed by atoms with E-state index >= 15 is 0 Å². The molecule has 15 heavy (non-hydrogen) atoms. The third-order valence-corrected chi connectivity index (χ3v) is 2.48. The number of carbonyl (C=O) groups is 2. The average Bonchev–Trinajstić information content (AvgIpc) is 2.44. The van der Waals surface area contributed by atoms with E-state index in [2.05, 4.69) is 6.58 Å². The molecule has 1 heterocycles. The minimum absolute atomic E-state index is 0.226. The normalized spacial score (nSPS) is 14.3. The van der Waals surface area contributed by atoms with E-state index in [1.165, 1.54) is 12.1 Å². The Morgan fingerprint density at radius 3 is 2.60 bits per heavy atom. The van der Waals surface area contributed by atoms with Gasteiger partial charge < -0.3 is 0 Å². The summed E-state index contributed by atoms with van der Waals surface area (Å²) in [5, 5.41) is 0.454.